The summed E-state index contributed by atoms with van der Waals surface area (Å²) in [5.41, 5.74) is 0. The first kappa shape index (κ1) is 27.8. The van der Waals surface area contributed by atoms with Crippen molar-refractivity contribution >= 4 is 96.9 Å². The number of hydrogen-bond donors (Lipinski definition) is 0. The van der Waals surface area contributed by atoms with E-state index in [9.17, 15) is 0 Å². The molecule has 4 heteroatoms. The van der Waals surface area contributed by atoms with E-state index in [0.717, 1.165) is 0 Å². The van der Waals surface area contributed by atoms with E-state index in [-0.39, 0.29) is 108 Å². The molecule has 0 spiro atoms. The molecule has 0 unspecified atom stereocenters. The van der Waals surface area contributed by atoms with Crippen molar-refractivity contribution in [3.8, 4) is 0 Å². The van der Waals surface area contributed by atoms with Gasteiger partial charge in [-0.3, -0.25) is 0 Å². The average molecular weight is 166 g/mol. The maximum atomic E-state index is 0. The quantitative estimate of drug-likeness (QED) is 0.340. The third-order valence-electron chi connectivity index (χ3n) is 0. The molecule has 0 rings (SSSR count). The van der Waals surface area contributed by atoms with Crippen molar-refractivity contribution in [3.05, 3.63) is 0 Å². The number of hydrogen-bond acceptors (Lipinski definition) is 0. The van der Waals surface area contributed by atoms with Crippen LogP contribution in [0.3, 0.4) is 0 Å². The summed E-state index contributed by atoms with van der Waals surface area (Å²) in [6, 6.07) is 0. The molecule has 0 atom stereocenters. The van der Waals surface area contributed by atoms with E-state index in [1.54, 1.807) is 0 Å². The molecule has 4 heavy (non-hydrogen) atoms. The molecule has 4 N–H and O–H groups in total. The molecule has 0 aliphatic rings. The standard InChI is InChI=1S/K.2H2O.Sr.3H/h;2*1H2;;;;. The molecule has 0 radical (unpaired) electrons. The van der Waals surface area contributed by atoms with Crippen molar-refractivity contribution in [1.82, 2.24) is 0 Å². The molecule has 2 nitrogen and oxygen atoms in total. The van der Waals surface area contributed by atoms with Crippen LogP contribution in [0.15, 0.2) is 0 Å². The van der Waals surface area contributed by atoms with E-state index in [0.29, 0.717) is 0 Å². The minimum atomic E-state index is 0. The third-order valence-corrected chi connectivity index (χ3v) is 0. The first-order valence-corrected chi connectivity index (χ1v) is 0. The first-order chi connectivity index (χ1) is 0. The van der Waals surface area contributed by atoms with E-state index in [1.165, 1.54) is 0 Å². The van der Waals surface area contributed by atoms with Crippen molar-refractivity contribution in [2.45, 2.75) is 0 Å². The Hall–Kier alpha value is 3.04. The summed E-state index contributed by atoms with van der Waals surface area (Å²) in [5, 5.41) is 0. The fraction of sp³-hybridized carbons (Fsp3) is 0. The molecule has 0 aromatic rings. The summed E-state index contributed by atoms with van der Waals surface area (Å²) in [4.78, 5) is 0. The second kappa shape index (κ2) is 16.6. The molecule has 22 valence electrons. The Kier molecular flexibility index (Phi) is 115. The van der Waals surface area contributed by atoms with Gasteiger partial charge in [0.05, 0.1) is 0 Å². The van der Waals surface area contributed by atoms with E-state index in [2.05, 4.69) is 0 Å². The maximum absolute atomic E-state index is 0. The predicted octanol–water partition coefficient (Wildman–Crippen LogP) is -3.21. The van der Waals surface area contributed by atoms with Crippen molar-refractivity contribution in [1.29, 1.82) is 0 Å². The van der Waals surface area contributed by atoms with Gasteiger partial charge in [0.2, 0.25) is 0 Å². The number of rotatable bonds is 0. The molecule has 0 aliphatic carbocycles. The molecule has 0 saturated heterocycles. The molecule has 0 saturated carbocycles. The second-order valence-corrected chi connectivity index (χ2v) is 0. The van der Waals surface area contributed by atoms with Gasteiger partial charge >= 0.3 is 96.9 Å². The van der Waals surface area contributed by atoms with Crippen LogP contribution >= 0.6 is 0 Å². The van der Waals surface area contributed by atoms with Gasteiger partial charge in [-0.15, -0.1) is 0 Å². The first-order valence-electron chi connectivity index (χ1n) is 0. The van der Waals surface area contributed by atoms with E-state index < -0.39 is 0 Å². The Labute approximate surface area is 105 Å². The van der Waals surface area contributed by atoms with Gasteiger partial charge in [-0.05, 0) is 0 Å². The van der Waals surface area contributed by atoms with Crippen LogP contribution in [0, 0.1) is 0 Å². The van der Waals surface area contributed by atoms with Gasteiger partial charge in [-0.25, -0.2) is 0 Å². The molecular formula is H7KO2Sr. The molecule has 0 aliphatic heterocycles. The minimum absolute atomic E-state index is 0. The van der Waals surface area contributed by atoms with Crippen molar-refractivity contribution in [2.75, 3.05) is 0 Å². The molecule has 0 bridgehead atoms. The zero-order valence-electron chi connectivity index (χ0n) is 1.00. The Bertz CT molecular complexity index is 6.00. The van der Waals surface area contributed by atoms with Gasteiger partial charge in [-0.1, -0.05) is 0 Å². The Balaban J connectivity index is 0. The van der Waals surface area contributed by atoms with Crippen molar-refractivity contribution in [3.63, 3.8) is 0 Å². The zero-order valence-corrected chi connectivity index (χ0v) is 1.00. The summed E-state index contributed by atoms with van der Waals surface area (Å²) in [6.45, 7) is 0. The van der Waals surface area contributed by atoms with Crippen LogP contribution in [0.1, 0.15) is 0 Å². The van der Waals surface area contributed by atoms with E-state index in [4.69, 9.17) is 0 Å². The molecule has 0 amide bonds. The van der Waals surface area contributed by atoms with Gasteiger partial charge in [0.25, 0.3) is 0 Å². The third kappa shape index (κ3) is 8.90. The van der Waals surface area contributed by atoms with Gasteiger partial charge in [-0.2, -0.15) is 0 Å². The fourth-order valence-electron chi connectivity index (χ4n) is 0. The van der Waals surface area contributed by atoms with E-state index in [1.807, 2.05) is 0 Å². The summed E-state index contributed by atoms with van der Waals surface area (Å²) >= 11 is 0. The van der Waals surface area contributed by atoms with Crippen LogP contribution in [0.2, 0.25) is 0 Å². The van der Waals surface area contributed by atoms with Gasteiger partial charge in [0.15, 0.2) is 0 Å². The van der Waals surface area contributed by atoms with Crippen LogP contribution in [0.4, 0.5) is 0 Å². The Morgan fingerprint density at radius 1 is 0.750 bits per heavy atom. The van der Waals surface area contributed by atoms with Crippen LogP contribution in [0.5, 0.6) is 0 Å². The SMILES string of the molecule is O.O.[KH].[SrH2]. The van der Waals surface area contributed by atoms with Crippen molar-refractivity contribution < 1.29 is 11.0 Å². The van der Waals surface area contributed by atoms with Crippen molar-refractivity contribution in [2.24, 2.45) is 0 Å². The van der Waals surface area contributed by atoms with Crippen LogP contribution < -0.4 is 0 Å². The van der Waals surface area contributed by atoms with Gasteiger partial charge in [0, 0.05) is 0 Å². The predicted molar refractivity (Wildman–Crippen MR) is 22.9 cm³/mol. The van der Waals surface area contributed by atoms with Gasteiger partial charge in [0.1, 0.15) is 0 Å². The fourth-order valence-corrected chi connectivity index (χ4v) is 0. The van der Waals surface area contributed by atoms with E-state index >= 15 is 0 Å². The average Bonchev–Trinajstić information content (AvgIpc) is 0. The van der Waals surface area contributed by atoms with Crippen LogP contribution in [-0.4, -0.2) is 108 Å². The zero-order chi connectivity index (χ0) is 0. The summed E-state index contributed by atoms with van der Waals surface area (Å²) in [7, 11) is 0. The summed E-state index contributed by atoms with van der Waals surface area (Å²) < 4.78 is 0. The normalized spacial score (nSPS) is 0. The monoisotopic (exact) mass is 166 g/mol. The molecule has 0 aromatic heterocycles. The summed E-state index contributed by atoms with van der Waals surface area (Å²) in [5.74, 6) is 0. The molecule has 0 fully saturated rings. The molecule has 0 aromatic carbocycles. The topological polar surface area (TPSA) is 63.0 Å². The molecule has 0 heterocycles. The Morgan fingerprint density at radius 2 is 0.750 bits per heavy atom. The summed E-state index contributed by atoms with van der Waals surface area (Å²) in [6.07, 6.45) is 0. The van der Waals surface area contributed by atoms with Gasteiger partial charge < -0.3 is 11.0 Å². The van der Waals surface area contributed by atoms with Crippen LogP contribution in [-0.2, 0) is 0 Å². The molecular weight excluding hydrogens is 159 g/mol. The Morgan fingerprint density at radius 3 is 0.750 bits per heavy atom. The second-order valence-electron chi connectivity index (χ2n) is 0. The van der Waals surface area contributed by atoms with Crippen LogP contribution in [0.25, 0.3) is 0 Å².